The highest BCUT2D eigenvalue weighted by Gasteiger charge is 2.20. The molecule has 2 nitrogen and oxygen atoms in total. The Hall–Kier alpha value is -0.550. The Labute approximate surface area is 87.7 Å². The highest BCUT2D eigenvalue weighted by atomic mass is 14.9. The molecular weight excluding hydrogens is 172 g/mol. The molecule has 0 radical (unpaired) electrons. The van der Waals surface area contributed by atoms with Gasteiger partial charge in [0, 0.05) is 13.0 Å². The smallest absolute Gasteiger partial charge is 0.0621 e. The van der Waals surface area contributed by atoms with Crippen molar-refractivity contribution in [1.82, 2.24) is 5.32 Å². The monoisotopic (exact) mass is 194 g/mol. The Kier molecular flexibility index (Phi) is 4.41. The molecule has 0 saturated heterocycles. The van der Waals surface area contributed by atoms with E-state index in [1.165, 1.54) is 25.8 Å². The van der Waals surface area contributed by atoms with Gasteiger partial charge in [0.25, 0.3) is 0 Å². The van der Waals surface area contributed by atoms with Gasteiger partial charge in [-0.1, -0.05) is 20.3 Å². The van der Waals surface area contributed by atoms with Gasteiger partial charge in [0.2, 0.25) is 0 Å². The number of nitriles is 1. The fourth-order valence-electron chi connectivity index (χ4n) is 1.79. The SMILES string of the molecule is CC(C)(CCC#N)CNCC1CCC1. The van der Waals surface area contributed by atoms with E-state index < -0.39 is 0 Å². The van der Waals surface area contributed by atoms with E-state index in [2.05, 4.69) is 25.2 Å². The number of nitrogens with zero attached hydrogens (tertiary/aromatic N) is 1. The lowest BCUT2D eigenvalue weighted by molar-refractivity contribution is 0.264. The van der Waals surface area contributed by atoms with Crippen LogP contribution < -0.4 is 5.32 Å². The van der Waals surface area contributed by atoms with E-state index >= 15 is 0 Å². The van der Waals surface area contributed by atoms with Crippen LogP contribution in [0.1, 0.15) is 46.0 Å². The van der Waals surface area contributed by atoms with E-state index in [1.807, 2.05) is 0 Å². The average Bonchev–Trinajstić information content (AvgIpc) is 2.06. The zero-order valence-electron chi connectivity index (χ0n) is 9.47. The molecule has 0 aromatic heterocycles. The van der Waals surface area contributed by atoms with E-state index in [-0.39, 0.29) is 5.41 Å². The molecule has 0 aromatic carbocycles. The molecule has 0 amide bonds. The Bertz CT molecular complexity index is 199. The second-order valence-electron chi connectivity index (χ2n) is 5.25. The third-order valence-electron chi connectivity index (χ3n) is 3.17. The summed E-state index contributed by atoms with van der Waals surface area (Å²) in [5.74, 6) is 0.932. The molecular formula is C12H22N2. The van der Waals surface area contributed by atoms with Gasteiger partial charge in [-0.25, -0.2) is 0 Å². The summed E-state index contributed by atoms with van der Waals surface area (Å²) < 4.78 is 0. The summed E-state index contributed by atoms with van der Waals surface area (Å²) in [5.41, 5.74) is 0.277. The van der Waals surface area contributed by atoms with Crippen molar-refractivity contribution in [1.29, 1.82) is 5.26 Å². The molecule has 1 saturated carbocycles. The zero-order chi connectivity index (χ0) is 10.4. The molecule has 1 aliphatic carbocycles. The van der Waals surface area contributed by atoms with Crippen LogP contribution in [0.5, 0.6) is 0 Å². The van der Waals surface area contributed by atoms with Crippen molar-refractivity contribution >= 4 is 0 Å². The lowest BCUT2D eigenvalue weighted by Gasteiger charge is -2.29. The minimum absolute atomic E-state index is 0.277. The van der Waals surface area contributed by atoms with Gasteiger partial charge >= 0.3 is 0 Å². The lowest BCUT2D eigenvalue weighted by Crippen LogP contribution is -2.34. The Morgan fingerprint density at radius 3 is 2.64 bits per heavy atom. The molecule has 0 unspecified atom stereocenters. The Balaban J connectivity index is 2.05. The maximum Gasteiger partial charge on any atom is 0.0621 e. The molecule has 0 aromatic rings. The predicted octanol–water partition coefficient (Wildman–Crippen LogP) is 2.71. The van der Waals surface area contributed by atoms with Crippen molar-refractivity contribution < 1.29 is 0 Å². The van der Waals surface area contributed by atoms with Crippen LogP contribution in [0, 0.1) is 22.7 Å². The number of hydrogen-bond acceptors (Lipinski definition) is 2. The van der Waals surface area contributed by atoms with Crippen LogP contribution in [0.4, 0.5) is 0 Å². The van der Waals surface area contributed by atoms with Gasteiger partial charge in [-0.15, -0.1) is 0 Å². The van der Waals surface area contributed by atoms with Crippen molar-refractivity contribution in [2.24, 2.45) is 11.3 Å². The van der Waals surface area contributed by atoms with Gasteiger partial charge in [-0.05, 0) is 37.1 Å². The van der Waals surface area contributed by atoms with E-state index in [1.54, 1.807) is 0 Å². The standard InChI is InChI=1S/C12H22N2/c1-12(2,7-4-8-13)10-14-9-11-5-3-6-11/h11,14H,3-7,9-10H2,1-2H3. The average molecular weight is 194 g/mol. The van der Waals surface area contributed by atoms with E-state index in [0.717, 1.165) is 18.9 Å². The fourth-order valence-corrected chi connectivity index (χ4v) is 1.79. The molecule has 0 bridgehead atoms. The van der Waals surface area contributed by atoms with Crippen LogP contribution >= 0.6 is 0 Å². The van der Waals surface area contributed by atoms with E-state index in [0.29, 0.717) is 6.42 Å². The first-order valence-corrected chi connectivity index (χ1v) is 5.72. The van der Waals surface area contributed by atoms with Crippen molar-refractivity contribution in [3.05, 3.63) is 0 Å². The third kappa shape index (κ3) is 4.11. The second kappa shape index (κ2) is 5.36. The van der Waals surface area contributed by atoms with Crippen LogP contribution in [-0.2, 0) is 0 Å². The number of hydrogen-bond donors (Lipinski definition) is 1. The molecule has 0 spiro atoms. The summed E-state index contributed by atoms with van der Waals surface area (Å²) >= 11 is 0. The maximum absolute atomic E-state index is 8.52. The van der Waals surface area contributed by atoms with Crippen LogP contribution in [-0.4, -0.2) is 13.1 Å². The van der Waals surface area contributed by atoms with Crippen molar-refractivity contribution in [3.8, 4) is 6.07 Å². The second-order valence-corrected chi connectivity index (χ2v) is 5.25. The molecule has 80 valence electrons. The molecule has 14 heavy (non-hydrogen) atoms. The van der Waals surface area contributed by atoms with Crippen LogP contribution in [0.25, 0.3) is 0 Å². The number of rotatable bonds is 6. The first-order chi connectivity index (χ1) is 6.64. The molecule has 1 aliphatic rings. The highest BCUT2D eigenvalue weighted by Crippen LogP contribution is 2.26. The van der Waals surface area contributed by atoms with E-state index in [4.69, 9.17) is 5.26 Å². The molecule has 0 heterocycles. The minimum atomic E-state index is 0.277. The summed E-state index contributed by atoms with van der Waals surface area (Å²) in [6, 6.07) is 2.22. The predicted molar refractivity (Wildman–Crippen MR) is 58.8 cm³/mol. The van der Waals surface area contributed by atoms with Crippen LogP contribution in [0.15, 0.2) is 0 Å². The van der Waals surface area contributed by atoms with Gasteiger partial charge in [0.05, 0.1) is 6.07 Å². The molecule has 1 fully saturated rings. The van der Waals surface area contributed by atoms with Crippen LogP contribution in [0.2, 0.25) is 0 Å². The molecule has 0 aliphatic heterocycles. The number of nitrogens with one attached hydrogen (secondary N) is 1. The molecule has 1 N–H and O–H groups in total. The van der Waals surface area contributed by atoms with Gasteiger partial charge in [-0.3, -0.25) is 0 Å². The topological polar surface area (TPSA) is 35.8 Å². The molecule has 1 rings (SSSR count). The third-order valence-corrected chi connectivity index (χ3v) is 3.17. The first kappa shape index (κ1) is 11.5. The Morgan fingerprint density at radius 1 is 1.43 bits per heavy atom. The quantitative estimate of drug-likeness (QED) is 0.705. The zero-order valence-corrected chi connectivity index (χ0v) is 9.47. The molecule has 0 atom stereocenters. The van der Waals surface area contributed by atoms with Gasteiger partial charge < -0.3 is 5.32 Å². The lowest BCUT2D eigenvalue weighted by atomic mass is 9.84. The van der Waals surface area contributed by atoms with Crippen molar-refractivity contribution in [2.45, 2.75) is 46.0 Å². The fraction of sp³-hybridized carbons (Fsp3) is 0.917. The van der Waals surface area contributed by atoms with Gasteiger partial charge in [0.15, 0.2) is 0 Å². The summed E-state index contributed by atoms with van der Waals surface area (Å²) in [6.07, 6.45) is 5.92. The summed E-state index contributed by atoms with van der Waals surface area (Å²) in [4.78, 5) is 0. The van der Waals surface area contributed by atoms with Crippen molar-refractivity contribution in [2.75, 3.05) is 13.1 Å². The molecule has 2 heteroatoms. The first-order valence-electron chi connectivity index (χ1n) is 5.72. The summed E-state index contributed by atoms with van der Waals surface area (Å²) in [7, 11) is 0. The van der Waals surface area contributed by atoms with E-state index in [9.17, 15) is 0 Å². The Morgan fingerprint density at radius 2 is 2.14 bits per heavy atom. The highest BCUT2D eigenvalue weighted by molar-refractivity contribution is 4.80. The largest absolute Gasteiger partial charge is 0.316 e. The summed E-state index contributed by atoms with van der Waals surface area (Å²) in [6.45, 7) is 6.69. The minimum Gasteiger partial charge on any atom is -0.316 e. The van der Waals surface area contributed by atoms with Crippen LogP contribution in [0.3, 0.4) is 0 Å². The van der Waals surface area contributed by atoms with Gasteiger partial charge in [0.1, 0.15) is 0 Å². The van der Waals surface area contributed by atoms with Gasteiger partial charge in [-0.2, -0.15) is 5.26 Å². The maximum atomic E-state index is 8.52. The normalized spacial score (nSPS) is 17.5. The van der Waals surface area contributed by atoms with Crippen molar-refractivity contribution in [3.63, 3.8) is 0 Å². The summed E-state index contributed by atoms with van der Waals surface area (Å²) in [5, 5.41) is 12.0.